The van der Waals surface area contributed by atoms with Crippen molar-refractivity contribution in [2.24, 2.45) is 0 Å². The Bertz CT molecular complexity index is 2250. The Labute approximate surface area is 468 Å². The zero-order valence-electron chi connectivity index (χ0n) is 47.9. The molecular formula is C55H85N5O20. The van der Waals surface area contributed by atoms with Crippen molar-refractivity contribution in [3.8, 4) is 23.0 Å². The number of amides is 5. The minimum atomic E-state index is -1.76. The van der Waals surface area contributed by atoms with E-state index < -0.39 is 70.5 Å². The molecular weight excluding hydrogens is 1050 g/mol. The molecule has 25 heteroatoms. The van der Waals surface area contributed by atoms with Crippen molar-refractivity contribution in [2.75, 3.05) is 139 Å². The summed E-state index contributed by atoms with van der Waals surface area (Å²) < 4.78 is 79.3. The van der Waals surface area contributed by atoms with Crippen LogP contribution in [-0.2, 0) is 84.2 Å². The molecule has 0 saturated heterocycles. The van der Waals surface area contributed by atoms with E-state index in [0.717, 1.165) is 0 Å². The van der Waals surface area contributed by atoms with Crippen LogP contribution in [0.25, 0.3) is 0 Å². The van der Waals surface area contributed by atoms with Crippen LogP contribution in [0.2, 0.25) is 0 Å². The molecule has 5 atom stereocenters. The van der Waals surface area contributed by atoms with Gasteiger partial charge in [-0.1, -0.05) is 12.1 Å². The second-order valence-electron chi connectivity index (χ2n) is 20.1. The minimum absolute atomic E-state index is 0.118. The van der Waals surface area contributed by atoms with Crippen LogP contribution in [0.4, 0.5) is 4.79 Å². The summed E-state index contributed by atoms with van der Waals surface area (Å²) in [5.41, 5.74) is -3.37. The second-order valence-corrected chi connectivity index (χ2v) is 20.1. The summed E-state index contributed by atoms with van der Waals surface area (Å²) in [6.07, 6.45) is -1.15. The molecule has 80 heavy (non-hydrogen) atoms. The fourth-order valence-electron chi connectivity index (χ4n) is 7.66. The van der Waals surface area contributed by atoms with E-state index in [2.05, 4.69) is 26.6 Å². The summed E-state index contributed by atoms with van der Waals surface area (Å²) in [4.78, 5) is 82.4. The normalized spacial score (nSPS) is 19.0. The highest BCUT2D eigenvalue weighted by Crippen LogP contribution is 2.32. The predicted molar refractivity (Wildman–Crippen MR) is 288 cm³/mol. The van der Waals surface area contributed by atoms with Crippen molar-refractivity contribution in [3.63, 3.8) is 0 Å². The Morgan fingerprint density at radius 1 is 0.438 bits per heavy atom. The Balaban J connectivity index is 1.51. The zero-order valence-corrected chi connectivity index (χ0v) is 47.9. The van der Waals surface area contributed by atoms with Gasteiger partial charge in [-0.05, 0) is 90.8 Å². The van der Waals surface area contributed by atoms with Crippen LogP contribution in [0.5, 0.6) is 23.0 Å². The van der Waals surface area contributed by atoms with Crippen molar-refractivity contribution in [3.05, 3.63) is 47.5 Å². The highest BCUT2D eigenvalue weighted by Gasteiger charge is 2.41. The molecule has 0 bridgehead atoms. The van der Waals surface area contributed by atoms with E-state index in [-0.39, 0.29) is 65.7 Å². The van der Waals surface area contributed by atoms with Gasteiger partial charge in [0.05, 0.1) is 113 Å². The van der Waals surface area contributed by atoms with Crippen LogP contribution < -0.4 is 45.5 Å². The Kier molecular flexibility index (Phi) is 29.0. The number of ether oxygens (including phenoxy) is 14. The number of hydrogen-bond donors (Lipinski definition) is 5. The molecule has 2 aliphatic rings. The van der Waals surface area contributed by atoms with Gasteiger partial charge in [0.1, 0.15) is 61.2 Å². The number of rotatable bonds is 14. The van der Waals surface area contributed by atoms with E-state index in [4.69, 9.17) is 66.3 Å². The minimum Gasteiger partial charge on any atom is -0.487 e. The lowest BCUT2D eigenvalue weighted by molar-refractivity contribution is -0.145. The van der Waals surface area contributed by atoms with Gasteiger partial charge in [0.15, 0.2) is 23.0 Å². The molecule has 0 spiro atoms. The number of carbonyl (C=O) groups is 6. The van der Waals surface area contributed by atoms with E-state index in [0.29, 0.717) is 113 Å². The number of nitrogens with one attached hydrogen (secondary N) is 5. The SMILES string of the molecule is COC(=O)[C@H](C)NC(=O)[C@](C)(Cc1ccc2c(c1)OCCOCCOCCOCCOCCO2)NC(=O)[C@H](C)NC(=O)[C@H](C)NC(=O)[C@](C)(Cc1ccc2c(c1)OCCOCCOCCOCCOCCO2)NC(=O)OC(C)(C)C. The molecule has 0 aliphatic carbocycles. The first-order valence-electron chi connectivity index (χ1n) is 26.9. The first kappa shape index (κ1) is 66.5. The third-order valence-electron chi connectivity index (χ3n) is 11.9. The van der Waals surface area contributed by atoms with Gasteiger partial charge >= 0.3 is 12.1 Å². The van der Waals surface area contributed by atoms with Crippen LogP contribution in [-0.4, -0.2) is 210 Å². The van der Waals surface area contributed by atoms with Gasteiger partial charge in [-0.2, -0.15) is 0 Å². The van der Waals surface area contributed by atoms with E-state index in [1.54, 1.807) is 57.2 Å². The van der Waals surface area contributed by atoms with Crippen LogP contribution in [0.3, 0.4) is 0 Å². The molecule has 2 heterocycles. The first-order chi connectivity index (χ1) is 38.2. The van der Waals surface area contributed by atoms with Gasteiger partial charge in [0, 0.05) is 12.8 Å². The van der Waals surface area contributed by atoms with Crippen molar-refractivity contribution in [1.29, 1.82) is 0 Å². The standard InChI is InChI=1S/C55H85N5O20/c1-38(57-51(65)55(8,60-52(66)80-53(4,5)6)37-42-11-13-44-46(35-42)79-33-29-75-25-21-71-17-15-69-19-23-73-27-31-77-44)47(61)56-39(2)48(62)59-54(7,50(64)58-40(3)49(63)67-9)36-41-10-12-43-45(34-41)78-32-28-74-24-20-70-16-14-68-18-22-72-26-30-76-43/h10-13,34-35,38-40H,14-33,36-37H2,1-9H3,(H,56,61)(H,57,65)(H,58,64)(H,59,62)(H,60,66)/t38-,39-,40-,54-,55-/m0/s1. The smallest absolute Gasteiger partial charge is 0.408 e. The number of benzene rings is 2. The maximum absolute atomic E-state index is 14.4. The Hall–Kier alpha value is -6.06. The van der Waals surface area contributed by atoms with Gasteiger partial charge in [0.2, 0.25) is 23.6 Å². The molecule has 2 aromatic carbocycles. The van der Waals surface area contributed by atoms with E-state index in [1.165, 1.54) is 41.7 Å². The average Bonchev–Trinajstić information content (AvgIpc) is 3.40. The number of fused-ring (bicyclic) bond motifs is 2. The molecule has 0 unspecified atom stereocenters. The summed E-state index contributed by atoms with van der Waals surface area (Å²) in [5, 5.41) is 13.4. The summed E-state index contributed by atoms with van der Waals surface area (Å²) in [7, 11) is 1.18. The van der Waals surface area contributed by atoms with Crippen LogP contribution >= 0.6 is 0 Å². The molecule has 450 valence electrons. The lowest BCUT2D eigenvalue weighted by Crippen LogP contribution is -2.64. The summed E-state index contributed by atoms with van der Waals surface area (Å²) >= 11 is 0. The molecule has 0 fully saturated rings. The maximum Gasteiger partial charge on any atom is 0.408 e. The van der Waals surface area contributed by atoms with Crippen LogP contribution in [0.1, 0.15) is 66.5 Å². The lowest BCUT2D eigenvalue weighted by atomic mass is 9.90. The fourth-order valence-corrected chi connectivity index (χ4v) is 7.66. The quantitative estimate of drug-likeness (QED) is 0.169. The second kappa shape index (κ2) is 34.9. The molecule has 2 aromatic rings. The number of hydrogen-bond acceptors (Lipinski definition) is 20. The Morgan fingerprint density at radius 3 is 1.12 bits per heavy atom. The third-order valence-corrected chi connectivity index (χ3v) is 11.9. The van der Waals surface area contributed by atoms with Crippen molar-refractivity contribution < 1.29 is 95.1 Å². The predicted octanol–water partition coefficient (Wildman–Crippen LogP) is 1.99. The van der Waals surface area contributed by atoms with Crippen molar-refractivity contribution >= 4 is 35.7 Å². The monoisotopic (exact) mass is 1140 g/mol. The Morgan fingerprint density at radius 2 is 0.762 bits per heavy atom. The number of alkyl carbamates (subject to hydrolysis) is 1. The van der Waals surface area contributed by atoms with Gasteiger partial charge in [-0.15, -0.1) is 0 Å². The maximum atomic E-state index is 14.4. The number of esters is 1. The largest absolute Gasteiger partial charge is 0.487 e. The molecule has 0 aromatic heterocycles. The number of carbonyl (C=O) groups excluding carboxylic acids is 6. The van der Waals surface area contributed by atoms with E-state index >= 15 is 0 Å². The zero-order chi connectivity index (χ0) is 58.4. The highest BCUT2D eigenvalue weighted by molar-refractivity contribution is 5.98. The summed E-state index contributed by atoms with van der Waals surface area (Å²) in [5.74, 6) is -2.34. The summed E-state index contributed by atoms with van der Waals surface area (Å²) in [6, 6.07) is 6.43. The summed E-state index contributed by atoms with van der Waals surface area (Å²) in [6.45, 7) is 18.5. The third kappa shape index (κ3) is 24.8. The van der Waals surface area contributed by atoms with Crippen LogP contribution in [0, 0.1) is 0 Å². The molecule has 2 aliphatic heterocycles. The van der Waals surface area contributed by atoms with E-state index in [1.807, 2.05) is 0 Å². The van der Waals surface area contributed by atoms with Crippen molar-refractivity contribution in [2.45, 2.75) is 103 Å². The topological polar surface area (TPSA) is 292 Å². The average molecular weight is 1140 g/mol. The lowest BCUT2D eigenvalue weighted by Gasteiger charge is -2.33. The van der Waals surface area contributed by atoms with Gasteiger partial charge in [-0.3, -0.25) is 19.2 Å². The van der Waals surface area contributed by atoms with Crippen LogP contribution in [0.15, 0.2) is 36.4 Å². The first-order valence-corrected chi connectivity index (χ1v) is 26.9. The van der Waals surface area contributed by atoms with E-state index in [9.17, 15) is 28.8 Å². The van der Waals surface area contributed by atoms with Gasteiger partial charge in [0.25, 0.3) is 0 Å². The van der Waals surface area contributed by atoms with Gasteiger partial charge < -0.3 is 92.9 Å². The molecule has 25 nitrogen and oxygen atoms in total. The number of methoxy groups -OCH3 is 1. The highest BCUT2D eigenvalue weighted by atomic mass is 16.6. The van der Waals surface area contributed by atoms with Crippen molar-refractivity contribution in [1.82, 2.24) is 26.6 Å². The molecule has 4 rings (SSSR count). The fraction of sp³-hybridized carbons (Fsp3) is 0.673. The molecule has 0 radical (unpaired) electrons. The molecule has 5 N–H and O–H groups in total. The van der Waals surface area contributed by atoms with Gasteiger partial charge in [-0.25, -0.2) is 9.59 Å². The molecule has 5 amide bonds. The molecule has 0 saturated carbocycles.